The van der Waals surface area contributed by atoms with Gasteiger partial charge in [-0.05, 0) is 30.9 Å². The molecule has 1 heterocycles. The first-order valence-corrected chi connectivity index (χ1v) is 4.45. The van der Waals surface area contributed by atoms with Gasteiger partial charge in [-0.2, -0.15) is 0 Å². The predicted octanol–water partition coefficient (Wildman–Crippen LogP) is 2.18. The Balaban J connectivity index is 2.25. The third-order valence-electron chi connectivity index (χ3n) is 2.14. The van der Waals surface area contributed by atoms with Gasteiger partial charge in [-0.3, -0.25) is 4.98 Å². The Morgan fingerprint density at radius 1 is 1.58 bits per heavy atom. The van der Waals surface area contributed by atoms with Gasteiger partial charge in [-0.15, -0.1) is 0 Å². The average Bonchev–Trinajstić information content (AvgIpc) is 2.86. The summed E-state index contributed by atoms with van der Waals surface area (Å²) < 4.78 is 0. The molecule has 1 unspecified atom stereocenters. The molecule has 0 spiro atoms. The number of halogens is 1. The number of hydrogen-bond donors (Lipinski definition) is 1. The van der Waals surface area contributed by atoms with Gasteiger partial charge in [0.15, 0.2) is 0 Å². The molecule has 2 nitrogen and oxygen atoms in total. The van der Waals surface area contributed by atoms with Crippen molar-refractivity contribution in [3.8, 4) is 0 Å². The highest BCUT2D eigenvalue weighted by Crippen LogP contribution is 2.41. The molecule has 1 fully saturated rings. The Morgan fingerprint density at radius 2 is 2.33 bits per heavy atom. The molecule has 0 aromatic carbocycles. The van der Waals surface area contributed by atoms with Crippen LogP contribution in [0, 0.1) is 5.92 Å². The van der Waals surface area contributed by atoms with Crippen molar-refractivity contribution in [2.75, 3.05) is 0 Å². The smallest absolute Gasteiger partial charge is 0.100 e. The second-order valence-corrected chi connectivity index (χ2v) is 3.56. The van der Waals surface area contributed by atoms with E-state index in [9.17, 15) is 5.11 Å². The fraction of sp³-hybridized carbons (Fsp3) is 0.444. The number of hydrogen-bond acceptors (Lipinski definition) is 2. The van der Waals surface area contributed by atoms with Crippen LogP contribution in [0.4, 0.5) is 0 Å². The first-order chi connectivity index (χ1) is 5.79. The molecule has 0 saturated heterocycles. The molecule has 1 aromatic heterocycles. The van der Waals surface area contributed by atoms with Gasteiger partial charge in [0, 0.05) is 6.20 Å². The lowest BCUT2D eigenvalue weighted by Crippen LogP contribution is -2.02. The lowest BCUT2D eigenvalue weighted by Gasteiger charge is -2.08. The van der Waals surface area contributed by atoms with Gasteiger partial charge in [-0.1, -0.05) is 11.6 Å². The van der Waals surface area contributed by atoms with Crippen LogP contribution in [0.1, 0.15) is 24.6 Å². The third kappa shape index (κ3) is 1.45. The molecule has 1 aliphatic rings. The van der Waals surface area contributed by atoms with Crippen molar-refractivity contribution in [1.82, 2.24) is 4.98 Å². The van der Waals surface area contributed by atoms with Crippen LogP contribution < -0.4 is 0 Å². The zero-order chi connectivity index (χ0) is 8.55. The summed E-state index contributed by atoms with van der Waals surface area (Å²) in [4.78, 5) is 4.06. The Kier molecular flexibility index (Phi) is 2.03. The van der Waals surface area contributed by atoms with Crippen molar-refractivity contribution in [2.24, 2.45) is 5.92 Å². The van der Waals surface area contributed by atoms with Crippen LogP contribution in [-0.2, 0) is 0 Å². The van der Waals surface area contributed by atoms with E-state index in [4.69, 9.17) is 11.6 Å². The fourth-order valence-corrected chi connectivity index (χ4v) is 1.48. The average molecular weight is 184 g/mol. The molecule has 0 aliphatic heterocycles. The van der Waals surface area contributed by atoms with Crippen molar-refractivity contribution in [3.05, 3.63) is 29.0 Å². The molecule has 1 saturated carbocycles. The molecule has 1 atom stereocenters. The van der Waals surface area contributed by atoms with E-state index in [1.54, 1.807) is 18.3 Å². The van der Waals surface area contributed by atoms with Crippen LogP contribution >= 0.6 is 11.6 Å². The van der Waals surface area contributed by atoms with Crippen molar-refractivity contribution < 1.29 is 5.11 Å². The van der Waals surface area contributed by atoms with Crippen molar-refractivity contribution in [2.45, 2.75) is 18.9 Å². The summed E-state index contributed by atoms with van der Waals surface area (Å²) in [5.74, 6) is 0.386. The third-order valence-corrected chi connectivity index (χ3v) is 2.46. The molecule has 64 valence electrons. The van der Waals surface area contributed by atoms with Gasteiger partial charge in [0.2, 0.25) is 0 Å². The minimum absolute atomic E-state index is 0.386. The molecular formula is C9H10ClNO. The molecule has 12 heavy (non-hydrogen) atoms. The van der Waals surface area contributed by atoms with Crippen molar-refractivity contribution in [1.29, 1.82) is 0 Å². The predicted molar refractivity (Wildman–Crippen MR) is 46.9 cm³/mol. The SMILES string of the molecule is OC(c1ncccc1Cl)C1CC1. The topological polar surface area (TPSA) is 33.1 Å². The van der Waals surface area contributed by atoms with E-state index < -0.39 is 6.10 Å². The standard InChI is InChI=1S/C9H10ClNO/c10-7-2-1-5-11-8(7)9(12)6-3-4-6/h1-2,5-6,9,12H,3-4H2. The quantitative estimate of drug-likeness (QED) is 0.763. The molecule has 1 aromatic rings. The molecule has 1 N–H and O–H groups in total. The first-order valence-electron chi connectivity index (χ1n) is 4.07. The van der Waals surface area contributed by atoms with Gasteiger partial charge in [0.05, 0.1) is 10.7 Å². The van der Waals surface area contributed by atoms with E-state index in [0.29, 0.717) is 16.6 Å². The summed E-state index contributed by atoms with van der Waals surface area (Å²) in [7, 11) is 0. The fourth-order valence-electron chi connectivity index (χ4n) is 1.25. The van der Waals surface area contributed by atoms with Crippen LogP contribution in [0.2, 0.25) is 5.02 Å². The van der Waals surface area contributed by atoms with Gasteiger partial charge in [0.25, 0.3) is 0 Å². The van der Waals surface area contributed by atoms with Crippen molar-refractivity contribution in [3.63, 3.8) is 0 Å². The number of pyridine rings is 1. The maximum atomic E-state index is 9.69. The van der Waals surface area contributed by atoms with Gasteiger partial charge in [-0.25, -0.2) is 0 Å². The van der Waals surface area contributed by atoms with E-state index in [1.165, 1.54) is 0 Å². The first kappa shape index (κ1) is 8.02. The summed E-state index contributed by atoms with van der Waals surface area (Å²) in [6.07, 6.45) is 3.38. The molecule has 2 rings (SSSR count). The zero-order valence-electron chi connectivity index (χ0n) is 6.57. The molecular weight excluding hydrogens is 174 g/mol. The molecule has 0 amide bonds. The van der Waals surface area contributed by atoms with Crippen LogP contribution in [0.5, 0.6) is 0 Å². The summed E-state index contributed by atoms with van der Waals surface area (Å²) in [5.41, 5.74) is 0.627. The van der Waals surface area contributed by atoms with Gasteiger partial charge >= 0.3 is 0 Å². The zero-order valence-corrected chi connectivity index (χ0v) is 7.33. The summed E-state index contributed by atoms with van der Waals surface area (Å²) >= 11 is 5.87. The van der Waals surface area contributed by atoms with E-state index in [-0.39, 0.29) is 0 Å². The van der Waals surface area contributed by atoms with Gasteiger partial charge in [0.1, 0.15) is 6.10 Å². The van der Waals surface area contributed by atoms with E-state index in [2.05, 4.69) is 4.98 Å². The van der Waals surface area contributed by atoms with E-state index in [0.717, 1.165) is 12.8 Å². The highest BCUT2D eigenvalue weighted by atomic mass is 35.5. The van der Waals surface area contributed by atoms with Crippen LogP contribution in [-0.4, -0.2) is 10.1 Å². The Morgan fingerprint density at radius 3 is 2.92 bits per heavy atom. The highest BCUT2D eigenvalue weighted by Gasteiger charge is 2.32. The number of aromatic nitrogens is 1. The Labute approximate surface area is 76.2 Å². The number of aliphatic hydroxyl groups is 1. The van der Waals surface area contributed by atoms with E-state index in [1.807, 2.05) is 0 Å². The number of aliphatic hydroxyl groups excluding tert-OH is 1. The second-order valence-electron chi connectivity index (χ2n) is 3.15. The Bertz CT molecular complexity index is 286. The molecule has 1 aliphatic carbocycles. The number of rotatable bonds is 2. The summed E-state index contributed by atoms with van der Waals surface area (Å²) in [6.45, 7) is 0. The van der Waals surface area contributed by atoms with Crippen molar-refractivity contribution >= 4 is 11.6 Å². The normalized spacial score (nSPS) is 19.2. The summed E-state index contributed by atoms with van der Waals surface area (Å²) in [6, 6.07) is 3.53. The minimum atomic E-state index is -0.460. The van der Waals surface area contributed by atoms with Crippen LogP contribution in [0.3, 0.4) is 0 Å². The summed E-state index contributed by atoms with van der Waals surface area (Å²) in [5, 5.41) is 10.3. The lowest BCUT2D eigenvalue weighted by molar-refractivity contribution is 0.149. The molecule has 0 bridgehead atoms. The molecule has 3 heteroatoms. The van der Waals surface area contributed by atoms with Gasteiger partial charge < -0.3 is 5.11 Å². The second kappa shape index (κ2) is 3.04. The number of nitrogens with zero attached hydrogens (tertiary/aromatic N) is 1. The largest absolute Gasteiger partial charge is 0.386 e. The minimum Gasteiger partial charge on any atom is -0.386 e. The highest BCUT2D eigenvalue weighted by molar-refractivity contribution is 6.31. The maximum absolute atomic E-state index is 9.69. The Hall–Kier alpha value is -0.600. The van der Waals surface area contributed by atoms with Crippen LogP contribution in [0.15, 0.2) is 18.3 Å². The monoisotopic (exact) mass is 183 g/mol. The lowest BCUT2D eigenvalue weighted by atomic mass is 10.1. The van der Waals surface area contributed by atoms with E-state index >= 15 is 0 Å². The van der Waals surface area contributed by atoms with Crippen LogP contribution in [0.25, 0.3) is 0 Å². The molecule has 0 radical (unpaired) electrons. The maximum Gasteiger partial charge on any atom is 0.100 e.